The van der Waals surface area contributed by atoms with Gasteiger partial charge in [0, 0.05) is 6.04 Å². The van der Waals surface area contributed by atoms with Gasteiger partial charge in [-0.3, -0.25) is 0 Å². The van der Waals surface area contributed by atoms with Crippen molar-refractivity contribution >= 4 is 6.72 Å². The van der Waals surface area contributed by atoms with Gasteiger partial charge < -0.3 is 14.2 Å². The lowest BCUT2D eigenvalue weighted by molar-refractivity contribution is -0.475. The van der Waals surface area contributed by atoms with Crippen LogP contribution in [0.3, 0.4) is 0 Å². The zero-order valence-corrected chi connectivity index (χ0v) is 10.4. The van der Waals surface area contributed by atoms with Gasteiger partial charge in [-0.1, -0.05) is 0 Å². The topological polar surface area (TPSA) is 15.5 Å². The van der Waals surface area contributed by atoms with Crippen LogP contribution in [-0.2, 0) is 4.74 Å². The van der Waals surface area contributed by atoms with Gasteiger partial charge in [-0.15, -0.1) is 0 Å². The van der Waals surface area contributed by atoms with E-state index in [9.17, 15) is 0 Å². The molecule has 0 aromatic carbocycles. The fourth-order valence-electron chi connectivity index (χ4n) is 2.60. The molecule has 3 nitrogen and oxygen atoms in total. The van der Waals surface area contributed by atoms with Gasteiger partial charge in [-0.05, 0) is 20.0 Å². The summed E-state index contributed by atoms with van der Waals surface area (Å²) in [6.07, 6.45) is 7.69. The number of allylic oxidation sites excluding steroid dienone is 1. The van der Waals surface area contributed by atoms with E-state index in [1.54, 1.807) is 0 Å². The number of ether oxygens (including phenoxy) is 1. The molecule has 0 atom stereocenters. The summed E-state index contributed by atoms with van der Waals surface area (Å²) in [4.78, 5) is 2.39. The second-order valence-electron chi connectivity index (χ2n) is 5.03. The molecule has 0 spiro atoms. The molecule has 0 aromatic rings. The molecule has 0 saturated carbocycles. The van der Waals surface area contributed by atoms with E-state index in [4.69, 9.17) is 4.74 Å². The van der Waals surface area contributed by atoms with Crippen LogP contribution in [0.25, 0.3) is 0 Å². The first-order valence-electron chi connectivity index (χ1n) is 6.22. The summed E-state index contributed by atoms with van der Waals surface area (Å²) >= 11 is 0. The van der Waals surface area contributed by atoms with Crippen LogP contribution in [0.15, 0.2) is 23.3 Å². The highest BCUT2D eigenvalue weighted by Gasteiger charge is 2.24. The molecule has 2 saturated heterocycles. The molecule has 0 radical (unpaired) electrons. The summed E-state index contributed by atoms with van der Waals surface area (Å²) < 4.78 is 7.35. The fraction of sp³-hybridized carbons (Fsp3) is 0.500. The highest BCUT2D eigenvalue weighted by molar-refractivity contribution is 5.47. The van der Waals surface area contributed by atoms with Crippen molar-refractivity contribution < 1.29 is 9.31 Å². The minimum absolute atomic E-state index is 0.600. The standard InChI is InChI=1S/C14H19N2O/c1-15-7-6-13-11(4-3-5-14(13)15)8-16(2)12-9-17-10-12/h3-5,12H,1,6-10H2,2H3/q-1. The monoisotopic (exact) mass is 231 g/mol. The molecule has 2 fully saturated rings. The summed E-state index contributed by atoms with van der Waals surface area (Å²) in [5.41, 5.74) is 2.93. The van der Waals surface area contributed by atoms with E-state index in [1.165, 1.54) is 17.2 Å². The second kappa shape index (κ2) is 4.24. The first-order valence-corrected chi connectivity index (χ1v) is 6.22. The number of hydrogen-bond acceptors (Lipinski definition) is 2. The summed E-state index contributed by atoms with van der Waals surface area (Å²) in [5, 5.41) is 0. The van der Waals surface area contributed by atoms with E-state index >= 15 is 0 Å². The van der Waals surface area contributed by atoms with Crippen molar-refractivity contribution in [3.05, 3.63) is 35.8 Å². The highest BCUT2D eigenvalue weighted by Crippen LogP contribution is 2.34. The van der Waals surface area contributed by atoms with Crippen LogP contribution in [0, 0.1) is 12.5 Å². The Morgan fingerprint density at radius 1 is 1.65 bits per heavy atom. The lowest BCUT2D eigenvalue weighted by Gasteiger charge is -2.39. The predicted octanol–water partition coefficient (Wildman–Crippen LogP) is 1.04. The normalized spacial score (nSPS) is 24.1. The highest BCUT2D eigenvalue weighted by atomic mass is 16.5. The fourth-order valence-corrected chi connectivity index (χ4v) is 2.60. The maximum atomic E-state index is 5.24. The number of nitrogens with zero attached hydrogens (tertiary/aromatic N) is 2. The van der Waals surface area contributed by atoms with Crippen molar-refractivity contribution in [3.63, 3.8) is 0 Å². The van der Waals surface area contributed by atoms with Crippen LogP contribution in [0.2, 0.25) is 0 Å². The van der Waals surface area contributed by atoms with Crippen molar-refractivity contribution in [2.45, 2.75) is 12.5 Å². The van der Waals surface area contributed by atoms with Crippen LogP contribution >= 0.6 is 0 Å². The molecule has 1 aliphatic carbocycles. The molecular weight excluding hydrogens is 212 g/mol. The first-order chi connectivity index (χ1) is 8.25. The Bertz CT molecular complexity index is 393. The Balaban J connectivity index is 1.73. The molecule has 3 aliphatic rings. The Morgan fingerprint density at radius 3 is 3.18 bits per heavy atom. The van der Waals surface area contributed by atoms with Crippen molar-refractivity contribution in [2.24, 2.45) is 0 Å². The maximum Gasteiger partial charge on any atom is 0.121 e. The van der Waals surface area contributed by atoms with Crippen molar-refractivity contribution in [3.8, 4) is 0 Å². The Labute approximate surface area is 103 Å². The van der Waals surface area contributed by atoms with E-state index < -0.39 is 0 Å². The maximum absolute atomic E-state index is 5.24. The summed E-state index contributed by atoms with van der Waals surface area (Å²) in [6, 6.07) is 1.91. The van der Waals surface area contributed by atoms with Gasteiger partial charge >= 0.3 is 0 Å². The summed E-state index contributed by atoms with van der Waals surface area (Å²) in [5.74, 6) is 0. The summed E-state index contributed by atoms with van der Waals surface area (Å²) in [7, 11) is 2.18. The molecule has 3 heteroatoms. The molecule has 2 aliphatic heterocycles. The molecule has 0 amide bonds. The number of fused-ring (bicyclic) bond motifs is 1. The zero-order chi connectivity index (χ0) is 11.8. The lowest BCUT2D eigenvalue weighted by atomic mass is 9.93. The van der Waals surface area contributed by atoms with Gasteiger partial charge in [0.05, 0.1) is 26.0 Å². The van der Waals surface area contributed by atoms with E-state index in [1.807, 2.05) is 0 Å². The van der Waals surface area contributed by atoms with Gasteiger partial charge in [0.25, 0.3) is 0 Å². The zero-order valence-electron chi connectivity index (χ0n) is 10.4. The van der Waals surface area contributed by atoms with Crippen molar-refractivity contribution in [1.82, 2.24) is 4.90 Å². The van der Waals surface area contributed by atoms with Gasteiger partial charge in [-0.25, -0.2) is 18.1 Å². The molecular formula is C14H19N2O-. The third-order valence-corrected chi connectivity index (χ3v) is 3.88. The van der Waals surface area contributed by atoms with Crippen LogP contribution < -0.4 is 0 Å². The van der Waals surface area contributed by atoms with E-state index in [2.05, 4.69) is 41.8 Å². The first kappa shape index (κ1) is 10.9. The largest absolute Gasteiger partial charge is 0.378 e. The van der Waals surface area contributed by atoms with Gasteiger partial charge in [0.2, 0.25) is 0 Å². The third kappa shape index (κ3) is 1.90. The smallest absolute Gasteiger partial charge is 0.121 e. The van der Waals surface area contributed by atoms with Gasteiger partial charge in [0.15, 0.2) is 0 Å². The number of likely N-dealkylation sites (N-methyl/N-ethyl adjacent to an activating group) is 1. The average Bonchev–Trinajstić information content (AvgIpc) is 2.59. The summed E-state index contributed by atoms with van der Waals surface area (Å²) in [6.45, 7) is 7.89. The molecule has 0 unspecified atom stereocenters. The van der Waals surface area contributed by atoms with Crippen molar-refractivity contribution in [1.29, 1.82) is 0 Å². The number of rotatable bonds is 3. The minimum atomic E-state index is 0.600. The Morgan fingerprint density at radius 2 is 2.47 bits per heavy atom. The average molecular weight is 231 g/mol. The molecule has 3 rings (SSSR count). The van der Waals surface area contributed by atoms with E-state index in [0.717, 1.165) is 32.7 Å². The van der Waals surface area contributed by atoms with Crippen LogP contribution in [0.4, 0.5) is 0 Å². The van der Waals surface area contributed by atoms with Crippen LogP contribution in [-0.4, -0.2) is 55.6 Å². The van der Waals surface area contributed by atoms with Crippen LogP contribution in [0.1, 0.15) is 6.42 Å². The SMILES string of the molecule is C=[N+]1CCC2=C(CN(C)C3COC3)[CH-]C=C[C-]21. The quantitative estimate of drug-likeness (QED) is 0.532. The molecule has 0 aromatic heterocycles. The third-order valence-electron chi connectivity index (χ3n) is 3.88. The Hall–Kier alpha value is -1.19. The number of hydrogen-bond donors (Lipinski definition) is 0. The van der Waals surface area contributed by atoms with Gasteiger partial charge in [-0.2, -0.15) is 11.6 Å². The molecule has 2 heterocycles. The van der Waals surface area contributed by atoms with Crippen LogP contribution in [0.5, 0.6) is 0 Å². The minimum Gasteiger partial charge on any atom is -0.378 e. The molecule has 0 bridgehead atoms. The molecule has 17 heavy (non-hydrogen) atoms. The Kier molecular flexibility index (Phi) is 2.73. The van der Waals surface area contributed by atoms with E-state index in [-0.39, 0.29) is 0 Å². The molecule has 92 valence electrons. The second-order valence-corrected chi connectivity index (χ2v) is 5.03. The molecule has 0 N–H and O–H groups in total. The van der Waals surface area contributed by atoms with Crippen molar-refractivity contribution in [2.75, 3.05) is 33.4 Å². The van der Waals surface area contributed by atoms with Gasteiger partial charge in [0.1, 0.15) is 6.54 Å². The predicted molar refractivity (Wildman–Crippen MR) is 67.8 cm³/mol. The lowest BCUT2D eigenvalue weighted by Crippen LogP contribution is -2.47. The van der Waals surface area contributed by atoms with E-state index in [0.29, 0.717) is 6.04 Å².